The molecule has 3 heterocycles. The minimum Gasteiger partial charge on any atom is -0.489 e. The van der Waals surface area contributed by atoms with Gasteiger partial charge in [-0.3, -0.25) is 0 Å². The molecule has 0 radical (unpaired) electrons. The van der Waals surface area contributed by atoms with Gasteiger partial charge < -0.3 is 19.9 Å². The van der Waals surface area contributed by atoms with E-state index in [1.807, 2.05) is 30.3 Å². The first-order valence-electron chi connectivity index (χ1n) is 11.8. The third kappa shape index (κ3) is 3.95. The lowest BCUT2D eigenvalue weighted by atomic mass is 9.79. The summed E-state index contributed by atoms with van der Waals surface area (Å²) < 4.78 is 8.40. The van der Waals surface area contributed by atoms with Crippen molar-refractivity contribution in [2.75, 3.05) is 25.4 Å². The quantitative estimate of drug-likeness (QED) is 0.443. The molecule has 2 N–H and O–H groups in total. The topological polar surface area (TPSA) is 69.2 Å². The molecule has 2 aromatic heterocycles. The molecule has 1 saturated heterocycles. The lowest BCUT2D eigenvalue weighted by Crippen LogP contribution is -2.43. The highest BCUT2D eigenvalue weighted by molar-refractivity contribution is 6.00. The minimum atomic E-state index is 0.472. The molecule has 2 aliphatic rings. The van der Waals surface area contributed by atoms with Gasteiger partial charge in [0.15, 0.2) is 0 Å². The third-order valence-corrected chi connectivity index (χ3v) is 7.10. The Morgan fingerprint density at radius 3 is 2.64 bits per heavy atom. The van der Waals surface area contributed by atoms with E-state index in [1.54, 1.807) is 6.33 Å². The fourth-order valence-corrected chi connectivity index (χ4v) is 5.11. The zero-order valence-electron chi connectivity index (χ0n) is 18.7. The first-order chi connectivity index (χ1) is 16.2. The Bertz CT molecular complexity index is 1260. The fourth-order valence-electron chi connectivity index (χ4n) is 5.11. The SMILES string of the molecule is Nc1ncnc2c1c(-c1cccc(OCc3ccccc3)c1)cn2C1CC(CN2CCC2)C1. The molecule has 4 aromatic rings. The molecule has 168 valence electrons. The normalized spacial score (nSPS) is 20.4. The summed E-state index contributed by atoms with van der Waals surface area (Å²) in [5, 5.41) is 0.934. The van der Waals surface area contributed by atoms with E-state index in [4.69, 9.17) is 10.5 Å². The number of nitrogens with two attached hydrogens (primary N) is 1. The van der Waals surface area contributed by atoms with E-state index in [1.165, 1.54) is 38.9 Å². The third-order valence-electron chi connectivity index (χ3n) is 7.10. The number of aromatic nitrogens is 3. The smallest absolute Gasteiger partial charge is 0.146 e. The van der Waals surface area contributed by atoms with Gasteiger partial charge in [0, 0.05) is 24.3 Å². The number of fused-ring (bicyclic) bond motifs is 1. The van der Waals surface area contributed by atoms with E-state index in [-0.39, 0.29) is 0 Å². The lowest BCUT2D eigenvalue weighted by molar-refractivity contribution is 0.0921. The highest BCUT2D eigenvalue weighted by Gasteiger charge is 2.34. The van der Waals surface area contributed by atoms with Crippen molar-refractivity contribution in [3.05, 3.63) is 72.7 Å². The monoisotopic (exact) mass is 439 g/mol. The highest BCUT2D eigenvalue weighted by Crippen LogP contribution is 2.43. The highest BCUT2D eigenvalue weighted by atomic mass is 16.5. The molecule has 0 spiro atoms. The van der Waals surface area contributed by atoms with Gasteiger partial charge in [-0.05, 0) is 61.5 Å². The maximum atomic E-state index is 6.36. The molecule has 2 fully saturated rings. The first-order valence-corrected chi connectivity index (χ1v) is 11.8. The number of benzene rings is 2. The summed E-state index contributed by atoms with van der Waals surface area (Å²) in [6.45, 7) is 4.31. The second kappa shape index (κ2) is 8.52. The van der Waals surface area contributed by atoms with Gasteiger partial charge in [-0.2, -0.15) is 0 Å². The van der Waals surface area contributed by atoms with Gasteiger partial charge in [-0.25, -0.2) is 9.97 Å². The van der Waals surface area contributed by atoms with Crippen LogP contribution in [-0.4, -0.2) is 39.1 Å². The van der Waals surface area contributed by atoms with Crippen LogP contribution in [0.4, 0.5) is 5.82 Å². The number of ether oxygens (including phenoxy) is 1. The van der Waals surface area contributed by atoms with E-state index >= 15 is 0 Å². The molecule has 2 aromatic carbocycles. The summed E-state index contributed by atoms with van der Waals surface area (Å²) in [5.74, 6) is 2.15. The van der Waals surface area contributed by atoms with Gasteiger partial charge in [0.05, 0.1) is 5.39 Å². The molecule has 1 aliphatic heterocycles. The number of rotatable bonds is 7. The van der Waals surface area contributed by atoms with Gasteiger partial charge in [0.1, 0.15) is 30.1 Å². The summed E-state index contributed by atoms with van der Waals surface area (Å²) in [6.07, 6.45) is 7.55. The van der Waals surface area contributed by atoms with E-state index in [0.717, 1.165) is 39.4 Å². The molecule has 0 atom stereocenters. The molecule has 0 amide bonds. The van der Waals surface area contributed by atoms with E-state index in [9.17, 15) is 0 Å². The van der Waals surface area contributed by atoms with Crippen LogP contribution in [0.25, 0.3) is 22.2 Å². The zero-order chi connectivity index (χ0) is 22.2. The van der Waals surface area contributed by atoms with Crippen LogP contribution in [0, 0.1) is 5.92 Å². The predicted molar refractivity (Wildman–Crippen MR) is 131 cm³/mol. The Labute approximate surface area is 194 Å². The Morgan fingerprint density at radius 1 is 1.00 bits per heavy atom. The molecule has 1 aliphatic carbocycles. The second-order valence-electron chi connectivity index (χ2n) is 9.36. The number of nitrogens with zero attached hydrogens (tertiary/aromatic N) is 4. The van der Waals surface area contributed by atoms with E-state index < -0.39 is 0 Å². The van der Waals surface area contributed by atoms with E-state index in [2.05, 4.69) is 49.9 Å². The van der Waals surface area contributed by atoms with Crippen LogP contribution in [0.3, 0.4) is 0 Å². The van der Waals surface area contributed by atoms with Crippen LogP contribution >= 0.6 is 0 Å². The molecule has 1 saturated carbocycles. The maximum Gasteiger partial charge on any atom is 0.146 e. The predicted octanol–water partition coefficient (Wildman–Crippen LogP) is 4.92. The van der Waals surface area contributed by atoms with Gasteiger partial charge in [0.2, 0.25) is 0 Å². The van der Waals surface area contributed by atoms with Crippen molar-refractivity contribution in [2.45, 2.75) is 31.9 Å². The van der Waals surface area contributed by atoms with Crippen LogP contribution in [0.1, 0.15) is 30.9 Å². The zero-order valence-corrected chi connectivity index (χ0v) is 18.7. The number of anilines is 1. The second-order valence-corrected chi connectivity index (χ2v) is 9.36. The molecular weight excluding hydrogens is 410 g/mol. The van der Waals surface area contributed by atoms with Gasteiger partial charge in [-0.1, -0.05) is 42.5 Å². The number of nitrogen functional groups attached to an aromatic ring is 1. The number of hydrogen-bond donors (Lipinski definition) is 1. The molecule has 6 rings (SSSR count). The standard InChI is InChI=1S/C27H29N5O/c28-26-25-24(21-8-4-9-23(14-21)33-17-19-6-2-1-3-7-19)16-32(27(25)30-18-29-26)22-12-20(13-22)15-31-10-5-11-31/h1-4,6-9,14,16,18,20,22H,5,10-13,15,17H2,(H2,28,29,30). The largest absolute Gasteiger partial charge is 0.489 e. The van der Waals surface area contributed by atoms with Gasteiger partial charge >= 0.3 is 0 Å². The summed E-state index contributed by atoms with van der Waals surface area (Å²) in [6, 6.07) is 18.9. The minimum absolute atomic E-state index is 0.472. The van der Waals surface area contributed by atoms with Gasteiger partial charge in [-0.15, -0.1) is 0 Å². The fraction of sp³-hybridized carbons (Fsp3) is 0.333. The van der Waals surface area contributed by atoms with Crippen molar-refractivity contribution in [1.82, 2.24) is 19.4 Å². The van der Waals surface area contributed by atoms with Crippen molar-refractivity contribution < 1.29 is 4.74 Å². The van der Waals surface area contributed by atoms with Crippen LogP contribution in [0.15, 0.2) is 67.1 Å². The van der Waals surface area contributed by atoms with Crippen LogP contribution in [0.5, 0.6) is 5.75 Å². The Morgan fingerprint density at radius 2 is 1.85 bits per heavy atom. The summed E-state index contributed by atoms with van der Waals surface area (Å²) in [7, 11) is 0. The molecule has 6 nitrogen and oxygen atoms in total. The summed E-state index contributed by atoms with van der Waals surface area (Å²) in [4.78, 5) is 11.5. The lowest BCUT2D eigenvalue weighted by Gasteiger charge is -2.42. The van der Waals surface area contributed by atoms with Gasteiger partial charge in [0.25, 0.3) is 0 Å². The van der Waals surface area contributed by atoms with Crippen LogP contribution in [0.2, 0.25) is 0 Å². The van der Waals surface area contributed by atoms with Crippen LogP contribution < -0.4 is 10.5 Å². The average molecular weight is 440 g/mol. The number of likely N-dealkylation sites (tertiary alicyclic amines) is 1. The number of hydrogen-bond acceptors (Lipinski definition) is 5. The maximum absolute atomic E-state index is 6.36. The van der Waals surface area contributed by atoms with Crippen molar-refractivity contribution in [2.24, 2.45) is 5.92 Å². The van der Waals surface area contributed by atoms with Crippen LogP contribution in [-0.2, 0) is 6.61 Å². The Balaban J connectivity index is 1.27. The summed E-state index contributed by atoms with van der Waals surface area (Å²) in [5.41, 5.74) is 10.6. The first kappa shape index (κ1) is 20.2. The Hall–Kier alpha value is -3.38. The average Bonchev–Trinajstić information content (AvgIpc) is 3.17. The van der Waals surface area contributed by atoms with Crippen molar-refractivity contribution in [1.29, 1.82) is 0 Å². The summed E-state index contributed by atoms with van der Waals surface area (Å²) >= 11 is 0. The molecule has 0 bridgehead atoms. The molecular formula is C27H29N5O. The van der Waals surface area contributed by atoms with Crippen molar-refractivity contribution in [3.8, 4) is 16.9 Å². The van der Waals surface area contributed by atoms with Crippen molar-refractivity contribution in [3.63, 3.8) is 0 Å². The van der Waals surface area contributed by atoms with E-state index in [0.29, 0.717) is 18.5 Å². The molecule has 6 heteroatoms. The van der Waals surface area contributed by atoms with Crippen molar-refractivity contribution >= 4 is 16.9 Å². The Kier molecular flexibility index (Phi) is 5.23. The molecule has 33 heavy (non-hydrogen) atoms. The molecule has 0 unspecified atom stereocenters.